The number of halogens is 1. The van der Waals surface area contributed by atoms with Gasteiger partial charge in [0.05, 0.1) is 21.5 Å². The fourth-order valence-electron chi connectivity index (χ4n) is 2.56. The number of carbonyl (C=O) groups excluding carboxylic acids is 1. The Kier molecular flexibility index (Phi) is 6.44. The van der Waals surface area contributed by atoms with Gasteiger partial charge in [0.1, 0.15) is 0 Å². The molecule has 1 amide bonds. The molecule has 5 nitrogen and oxygen atoms in total. The molecule has 2 aromatic carbocycles. The number of hydrogen-bond acceptors (Lipinski definition) is 3. The summed E-state index contributed by atoms with van der Waals surface area (Å²) in [5.74, 6) is -0.262. The van der Waals surface area contributed by atoms with E-state index in [-0.39, 0.29) is 27.4 Å². The second-order valence-electron chi connectivity index (χ2n) is 6.53. The topological polar surface area (TPSA) is 66.5 Å². The number of sulfonamides is 1. The van der Waals surface area contributed by atoms with E-state index in [1.54, 1.807) is 0 Å². The maximum atomic E-state index is 12.8. The van der Waals surface area contributed by atoms with Crippen molar-refractivity contribution >= 4 is 27.5 Å². The predicted molar refractivity (Wildman–Crippen MR) is 104 cm³/mol. The zero-order valence-electron chi connectivity index (χ0n) is 15.2. The molecule has 0 fully saturated rings. The maximum absolute atomic E-state index is 12.8. The monoisotopic (exact) mass is 394 g/mol. The first-order valence-corrected chi connectivity index (χ1v) is 10.0. The molecule has 1 atom stereocenters. The molecule has 0 radical (unpaired) electrons. The Morgan fingerprint density at radius 2 is 1.69 bits per heavy atom. The first-order chi connectivity index (χ1) is 12.1. The second-order valence-corrected chi connectivity index (χ2v) is 9.09. The van der Waals surface area contributed by atoms with Crippen LogP contribution in [0, 0.1) is 5.92 Å². The number of benzene rings is 2. The molecular formula is C19H23ClN2O3S. The van der Waals surface area contributed by atoms with Crippen molar-refractivity contribution in [2.24, 2.45) is 5.92 Å². The van der Waals surface area contributed by atoms with Crippen LogP contribution in [0.5, 0.6) is 0 Å². The van der Waals surface area contributed by atoms with Crippen molar-refractivity contribution in [2.75, 3.05) is 14.1 Å². The molecule has 2 rings (SSSR count). The maximum Gasteiger partial charge on any atom is 0.253 e. The molecule has 2 aromatic rings. The van der Waals surface area contributed by atoms with Crippen LogP contribution in [0.2, 0.25) is 5.02 Å². The van der Waals surface area contributed by atoms with Crippen molar-refractivity contribution in [3.8, 4) is 0 Å². The normalized spacial score (nSPS) is 13.0. The van der Waals surface area contributed by atoms with E-state index < -0.39 is 15.9 Å². The van der Waals surface area contributed by atoms with Crippen LogP contribution >= 0.6 is 11.6 Å². The van der Waals surface area contributed by atoms with Gasteiger partial charge < -0.3 is 5.32 Å². The van der Waals surface area contributed by atoms with Gasteiger partial charge in [-0.2, -0.15) is 0 Å². The minimum atomic E-state index is -3.65. The molecule has 0 aliphatic rings. The SMILES string of the molecule is CC(C)C(NC(=O)c1cc(S(=O)(=O)N(C)C)ccc1Cl)c1ccccc1. The molecule has 26 heavy (non-hydrogen) atoms. The van der Waals surface area contributed by atoms with Gasteiger partial charge in [0.2, 0.25) is 10.0 Å². The first kappa shape index (κ1) is 20.4. The molecule has 0 heterocycles. The highest BCUT2D eigenvalue weighted by Gasteiger charge is 2.23. The molecule has 7 heteroatoms. The van der Waals surface area contributed by atoms with Gasteiger partial charge in [0.15, 0.2) is 0 Å². The minimum Gasteiger partial charge on any atom is -0.345 e. The molecule has 0 bridgehead atoms. The quantitative estimate of drug-likeness (QED) is 0.811. The second kappa shape index (κ2) is 8.20. The third-order valence-corrected chi connectivity index (χ3v) is 6.21. The van der Waals surface area contributed by atoms with E-state index in [2.05, 4.69) is 5.32 Å². The van der Waals surface area contributed by atoms with Gasteiger partial charge in [-0.25, -0.2) is 12.7 Å². The third-order valence-electron chi connectivity index (χ3n) is 4.07. The van der Waals surface area contributed by atoms with E-state index in [4.69, 9.17) is 11.6 Å². The summed E-state index contributed by atoms with van der Waals surface area (Å²) in [5.41, 5.74) is 1.11. The van der Waals surface area contributed by atoms with Crippen LogP contribution in [0.4, 0.5) is 0 Å². The Bertz CT molecular complexity index is 881. The minimum absolute atomic E-state index is 0.0258. The Labute approximate surface area is 160 Å². The van der Waals surface area contributed by atoms with Gasteiger partial charge in [-0.1, -0.05) is 55.8 Å². The van der Waals surface area contributed by atoms with Gasteiger partial charge in [-0.05, 0) is 29.7 Å². The van der Waals surface area contributed by atoms with Crippen molar-refractivity contribution < 1.29 is 13.2 Å². The van der Waals surface area contributed by atoms with Gasteiger partial charge in [-0.15, -0.1) is 0 Å². The van der Waals surface area contributed by atoms with Crippen LogP contribution in [-0.2, 0) is 10.0 Å². The standard InChI is InChI=1S/C19H23ClN2O3S/c1-13(2)18(14-8-6-5-7-9-14)21-19(23)16-12-15(10-11-17(16)20)26(24,25)22(3)4/h5-13,18H,1-4H3,(H,21,23). The number of nitrogens with zero attached hydrogens (tertiary/aromatic N) is 1. The summed E-state index contributed by atoms with van der Waals surface area (Å²) >= 11 is 6.16. The van der Waals surface area contributed by atoms with E-state index in [9.17, 15) is 13.2 Å². The number of hydrogen-bond donors (Lipinski definition) is 1. The lowest BCUT2D eigenvalue weighted by molar-refractivity contribution is 0.0925. The van der Waals surface area contributed by atoms with E-state index in [1.165, 1.54) is 32.3 Å². The molecule has 0 spiro atoms. The largest absolute Gasteiger partial charge is 0.345 e. The van der Waals surface area contributed by atoms with Crippen LogP contribution < -0.4 is 5.32 Å². The fourth-order valence-corrected chi connectivity index (χ4v) is 3.70. The zero-order chi connectivity index (χ0) is 19.5. The van der Waals surface area contributed by atoms with Crippen LogP contribution in [0.25, 0.3) is 0 Å². The molecule has 0 aliphatic carbocycles. The lowest BCUT2D eigenvalue weighted by Gasteiger charge is -2.23. The first-order valence-electron chi connectivity index (χ1n) is 8.22. The summed E-state index contributed by atoms with van der Waals surface area (Å²) in [6, 6.07) is 13.5. The average molecular weight is 395 g/mol. The van der Waals surface area contributed by atoms with Gasteiger partial charge >= 0.3 is 0 Å². The molecule has 0 saturated heterocycles. The van der Waals surface area contributed by atoms with E-state index in [1.807, 2.05) is 44.2 Å². The molecule has 140 valence electrons. The Hall–Kier alpha value is -1.89. The molecule has 0 aliphatic heterocycles. The lowest BCUT2D eigenvalue weighted by atomic mass is 9.95. The fraction of sp³-hybridized carbons (Fsp3) is 0.316. The summed E-state index contributed by atoms with van der Waals surface area (Å²) in [6.45, 7) is 4.01. The highest BCUT2D eigenvalue weighted by atomic mass is 35.5. The summed E-state index contributed by atoms with van der Waals surface area (Å²) in [5, 5.41) is 3.17. The van der Waals surface area contributed by atoms with E-state index in [0.717, 1.165) is 9.87 Å². The van der Waals surface area contributed by atoms with Gasteiger partial charge in [-0.3, -0.25) is 4.79 Å². The van der Waals surface area contributed by atoms with Crippen molar-refractivity contribution in [3.63, 3.8) is 0 Å². The van der Waals surface area contributed by atoms with Crippen LogP contribution in [0.1, 0.15) is 35.8 Å². The Morgan fingerprint density at radius 1 is 1.08 bits per heavy atom. The Morgan fingerprint density at radius 3 is 2.23 bits per heavy atom. The number of carbonyl (C=O) groups is 1. The molecule has 0 aromatic heterocycles. The molecule has 0 saturated carbocycles. The molecule has 1 unspecified atom stereocenters. The number of rotatable bonds is 6. The number of amides is 1. The van der Waals surface area contributed by atoms with E-state index >= 15 is 0 Å². The van der Waals surface area contributed by atoms with Gasteiger partial charge in [0.25, 0.3) is 5.91 Å². The van der Waals surface area contributed by atoms with Crippen LogP contribution in [0.15, 0.2) is 53.4 Å². The third kappa shape index (κ3) is 4.44. The highest BCUT2D eigenvalue weighted by Crippen LogP contribution is 2.25. The molecule has 1 N–H and O–H groups in total. The van der Waals surface area contributed by atoms with Crippen molar-refractivity contribution in [3.05, 3.63) is 64.7 Å². The summed E-state index contributed by atoms with van der Waals surface area (Å²) < 4.78 is 25.7. The predicted octanol–water partition coefficient (Wildman–Crippen LogP) is 3.72. The number of nitrogens with one attached hydrogen (secondary N) is 1. The van der Waals surface area contributed by atoms with Crippen molar-refractivity contribution in [1.29, 1.82) is 0 Å². The smallest absolute Gasteiger partial charge is 0.253 e. The Balaban J connectivity index is 2.37. The zero-order valence-corrected chi connectivity index (χ0v) is 16.8. The summed E-state index contributed by atoms with van der Waals surface area (Å²) in [6.07, 6.45) is 0. The summed E-state index contributed by atoms with van der Waals surface area (Å²) in [4.78, 5) is 12.8. The van der Waals surface area contributed by atoms with Crippen LogP contribution in [-0.4, -0.2) is 32.7 Å². The average Bonchev–Trinajstić information content (AvgIpc) is 2.60. The van der Waals surface area contributed by atoms with E-state index in [0.29, 0.717) is 0 Å². The van der Waals surface area contributed by atoms with Crippen molar-refractivity contribution in [2.45, 2.75) is 24.8 Å². The highest BCUT2D eigenvalue weighted by molar-refractivity contribution is 7.89. The van der Waals surface area contributed by atoms with Crippen molar-refractivity contribution in [1.82, 2.24) is 9.62 Å². The lowest BCUT2D eigenvalue weighted by Crippen LogP contribution is -2.32. The van der Waals surface area contributed by atoms with Crippen LogP contribution in [0.3, 0.4) is 0 Å². The summed E-state index contributed by atoms with van der Waals surface area (Å²) in [7, 11) is -0.775. The molecular weight excluding hydrogens is 372 g/mol. The van der Waals surface area contributed by atoms with Gasteiger partial charge in [0, 0.05) is 14.1 Å².